The topological polar surface area (TPSA) is 81.3 Å². The molecule has 2 rings (SSSR count). The molecule has 0 aromatic carbocycles. The molecule has 2 N–H and O–H groups in total. The van der Waals surface area contributed by atoms with Crippen LogP contribution in [0.1, 0.15) is 35.8 Å². The van der Waals surface area contributed by atoms with Crippen LogP contribution in [-0.2, 0) is 4.74 Å². The van der Waals surface area contributed by atoms with Gasteiger partial charge in [-0.2, -0.15) is 0 Å². The SMILES string of the molecule is CCOC(=O)c1cnc(N(C)C(CN)C2CC2)nc1C. The highest BCUT2D eigenvalue weighted by Gasteiger charge is 2.34. The summed E-state index contributed by atoms with van der Waals surface area (Å²) in [4.78, 5) is 22.4. The Kier molecular flexibility index (Phi) is 4.54. The molecule has 6 heteroatoms. The van der Waals surface area contributed by atoms with Gasteiger partial charge in [0.15, 0.2) is 0 Å². The summed E-state index contributed by atoms with van der Waals surface area (Å²) in [5.74, 6) is 0.869. The number of ether oxygens (including phenoxy) is 1. The number of hydrogen-bond donors (Lipinski definition) is 1. The Bertz CT molecular complexity index is 488. The average Bonchev–Trinajstić information content (AvgIpc) is 3.24. The van der Waals surface area contributed by atoms with Gasteiger partial charge in [0.05, 0.1) is 17.9 Å². The van der Waals surface area contributed by atoms with E-state index in [1.165, 1.54) is 19.0 Å². The van der Waals surface area contributed by atoms with Crippen LogP contribution in [0.25, 0.3) is 0 Å². The average molecular weight is 278 g/mol. The van der Waals surface area contributed by atoms with E-state index in [1.54, 1.807) is 13.8 Å². The maximum Gasteiger partial charge on any atom is 0.341 e. The molecule has 0 spiro atoms. The third-order valence-corrected chi connectivity index (χ3v) is 3.68. The molecular weight excluding hydrogens is 256 g/mol. The number of carbonyl (C=O) groups excluding carboxylic acids is 1. The van der Waals surface area contributed by atoms with Crippen molar-refractivity contribution in [2.75, 3.05) is 25.1 Å². The molecule has 1 aliphatic rings. The molecule has 1 heterocycles. The molecule has 0 aliphatic heterocycles. The normalized spacial score (nSPS) is 15.8. The molecule has 1 aromatic rings. The van der Waals surface area contributed by atoms with Crippen LogP contribution in [0.4, 0.5) is 5.95 Å². The van der Waals surface area contributed by atoms with Crippen molar-refractivity contribution in [3.63, 3.8) is 0 Å². The number of nitrogens with two attached hydrogens (primary N) is 1. The first-order valence-electron chi connectivity index (χ1n) is 7.02. The number of nitrogens with zero attached hydrogens (tertiary/aromatic N) is 3. The zero-order valence-electron chi connectivity index (χ0n) is 12.3. The molecule has 1 aliphatic carbocycles. The minimum absolute atomic E-state index is 0.267. The van der Waals surface area contributed by atoms with Gasteiger partial charge in [-0.1, -0.05) is 0 Å². The summed E-state index contributed by atoms with van der Waals surface area (Å²) in [6.45, 7) is 4.50. The summed E-state index contributed by atoms with van der Waals surface area (Å²) in [6, 6.07) is 0.267. The molecular formula is C14H22N4O2. The van der Waals surface area contributed by atoms with Gasteiger partial charge < -0.3 is 15.4 Å². The summed E-state index contributed by atoms with van der Waals surface area (Å²) < 4.78 is 4.97. The fourth-order valence-electron chi connectivity index (χ4n) is 2.33. The molecule has 20 heavy (non-hydrogen) atoms. The molecule has 0 bridgehead atoms. The van der Waals surface area contributed by atoms with Crippen LogP contribution in [0.15, 0.2) is 6.20 Å². The zero-order chi connectivity index (χ0) is 14.7. The van der Waals surface area contributed by atoms with Gasteiger partial charge in [0, 0.05) is 25.8 Å². The van der Waals surface area contributed by atoms with Crippen LogP contribution in [0.2, 0.25) is 0 Å². The van der Waals surface area contributed by atoms with Crippen molar-refractivity contribution in [3.05, 3.63) is 17.5 Å². The van der Waals surface area contributed by atoms with E-state index in [1.807, 2.05) is 11.9 Å². The lowest BCUT2D eigenvalue weighted by Crippen LogP contribution is -2.40. The maximum absolute atomic E-state index is 11.7. The standard InChI is InChI=1S/C14H22N4O2/c1-4-20-13(19)11-8-16-14(17-9(11)2)18(3)12(7-15)10-5-6-10/h8,10,12H,4-7,15H2,1-3H3. The van der Waals surface area contributed by atoms with E-state index in [0.717, 1.165) is 0 Å². The second-order valence-corrected chi connectivity index (χ2v) is 5.14. The van der Waals surface area contributed by atoms with Crippen LogP contribution in [0.3, 0.4) is 0 Å². The Morgan fingerprint density at radius 2 is 2.30 bits per heavy atom. The first kappa shape index (κ1) is 14.7. The zero-order valence-corrected chi connectivity index (χ0v) is 12.3. The van der Waals surface area contributed by atoms with Crippen LogP contribution in [-0.4, -0.2) is 42.2 Å². The van der Waals surface area contributed by atoms with E-state index in [4.69, 9.17) is 10.5 Å². The summed E-state index contributed by atoms with van der Waals surface area (Å²) in [5.41, 5.74) is 6.88. The van der Waals surface area contributed by atoms with Crippen LogP contribution in [0.5, 0.6) is 0 Å². The lowest BCUT2D eigenvalue weighted by Gasteiger charge is -2.27. The van der Waals surface area contributed by atoms with Crippen LogP contribution < -0.4 is 10.6 Å². The highest BCUT2D eigenvalue weighted by molar-refractivity contribution is 5.90. The van der Waals surface area contributed by atoms with Gasteiger partial charge in [-0.3, -0.25) is 0 Å². The lowest BCUT2D eigenvalue weighted by molar-refractivity contribution is 0.0524. The van der Waals surface area contributed by atoms with E-state index < -0.39 is 0 Å². The number of likely N-dealkylation sites (N-methyl/N-ethyl adjacent to an activating group) is 1. The first-order valence-corrected chi connectivity index (χ1v) is 7.02. The smallest absolute Gasteiger partial charge is 0.341 e. The van der Waals surface area contributed by atoms with E-state index in [-0.39, 0.29) is 12.0 Å². The van der Waals surface area contributed by atoms with Gasteiger partial charge in [0.1, 0.15) is 0 Å². The number of esters is 1. The van der Waals surface area contributed by atoms with E-state index in [2.05, 4.69) is 9.97 Å². The molecule has 1 aromatic heterocycles. The van der Waals surface area contributed by atoms with Gasteiger partial charge in [0.2, 0.25) is 5.95 Å². The highest BCUT2D eigenvalue weighted by atomic mass is 16.5. The first-order chi connectivity index (χ1) is 9.58. The van der Waals surface area contributed by atoms with Gasteiger partial charge in [-0.15, -0.1) is 0 Å². The summed E-state index contributed by atoms with van der Waals surface area (Å²) in [5, 5.41) is 0. The molecule has 0 amide bonds. The second kappa shape index (κ2) is 6.17. The number of rotatable bonds is 6. The summed E-state index contributed by atoms with van der Waals surface area (Å²) in [7, 11) is 1.95. The molecule has 0 radical (unpaired) electrons. The van der Waals surface area contributed by atoms with Crippen LogP contribution in [0, 0.1) is 12.8 Å². The van der Waals surface area contributed by atoms with Crippen molar-refractivity contribution >= 4 is 11.9 Å². The third-order valence-electron chi connectivity index (χ3n) is 3.68. The minimum Gasteiger partial charge on any atom is -0.462 e. The minimum atomic E-state index is -0.378. The molecule has 6 nitrogen and oxygen atoms in total. The van der Waals surface area contributed by atoms with E-state index in [9.17, 15) is 4.79 Å². The van der Waals surface area contributed by atoms with Crippen molar-refractivity contribution in [1.82, 2.24) is 9.97 Å². The largest absolute Gasteiger partial charge is 0.462 e. The van der Waals surface area contributed by atoms with Crippen molar-refractivity contribution in [1.29, 1.82) is 0 Å². The molecule has 1 atom stereocenters. The number of carbonyl (C=O) groups is 1. The molecule has 1 saturated carbocycles. The second-order valence-electron chi connectivity index (χ2n) is 5.14. The van der Waals surface area contributed by atoms with Gasteiger partial charge in [-0.25, -0.2) is 14.8 Å². The predicted molar refractivity (Wildman–Crippen MR) is 76.7 cm³/mol. The summed E-state index contributed by atoms with van der Waals surface area (Å²) in [6.07, 6.45) is 3.96. The monoisotopic (exact) mass is 278 g/mol. The molecule has 110 valence electrons. The Morgan fingerprint density at radius 3 is 2.80 bits per heavy atom. The van der Waals surface area contributed by atoms with Crippen molar-refractivity contribution in [2.45, 2.75) is 32.7 Å². The quantitative estimate of drug-likeness (QED) is 0.786. The van der Waals surface area contributed by atoms with Crippen molar-refractivity contribution in [2.24, 2.45) is 11.7 Å². The number of anilines is 1. The Hall–Kier alpha value is -1.69. The van der Waals surface area contributed by atoms with Crippen molar-refractivity contribution in [3.8, 4) is 0 Å². The molecule has 0 saturated heterocycles. The van der Waals surface area contributed by atoms with Crippen LogP contribution >= 0.6 is 0 Å². The molecule has 1 fully saturated rings. The Morgan fingerprint density at radius 1 is 1.60 bits per heavy atom. The fourth-order valence-corrected chi connectivity index (χ4v) is 2.33. The van der Waals surface area contributed by atoms with E-state index >= 15 is 0 Å². The predicted octanol–water partition coefficient (Wildman–Crippen LogP) is 1.14. The Balaban J connectivity index is 2.17. The summed E-state index contributed by atoms with van der Waals surface area (Å²) >= 11 is 0. The third kappa shape index (κ3) is 3.07. The number of aryl methyl sites for hydroxylation is 1. The number of hydrogen-bond acceptors (Lipinski definition) is 6. The highest BCUT2D eigenvalue weighted by Crippen LogP contribution is 2.35. The Labute approximate surface area is 119 Å². The van der Waals surface area contributed by atoms with Gasteiger partial charge >= 0.3 is 5.97 Å². The van der Waals surface area contributed by atoms with E-state index in [0.29, 0.717) is 36.3 Å². The maximum atomic E-state index is 11.7. The van der Waals surface area contributed by atoms with Crippen molar-refractivity contribution < 1.29 is 9.53 Å². The fraction of sp³-hybridized carbons (Fsp3) is 0.643. The number of aromatic nitrogens is 2. The van der Waals surface area contributed by atoms with Gasteiger partial charge in [0.25, 0.3) is 0 Å². The molecule has 1 unspecified atom stereocenters. The van der Waals surface area contributed by atoms with Gasteiger partial charge in [-0.05, 0) is 32.6 Å². The lowest BCUT2D eigenvalue weighted by atomic mass is 10.1.